The molecule has 6 nitrogen and oxygen atoms in total. The van der Waals surface area contributed by atoms with Crippen LogP contribution in [0.15, 0.2) is 30.0 Å². The van der Waals surface area contributed by atoms with E-state index in [1.165, 1.54) is 11.3 Å². The second kappa shape index (κ2) is 7.88. The van der Waals surface area contributed by atoms with Crippen LogP contribution in [0.1, 0.15) is 64.5 Å². The van der Waals surface area contributed by atoms with Crippen LogP contribution in [-0.4, -0.2) is 53.0 Å². The average Bonchev–Trinajstić information content (AvgIpc) is 3.46. The van der Waals surface area contributed by atoms with Crippen LogP contribution < -0.4 is 11.1 Å². The first-order valence-corrected chi connectivity index (χ1v) is 11.5. The number of nitrogens with two attached hydrogens (primary N) is 1. The van der Waals surface area contributed by atoms with Gasteiger partial charge in [0.1, 0.15) is 0 Å². The third-order valence-electron chi connectivity index (χ3n) is 6.63. The maximum absolute atomic E-state index is 12.8. The van der Waals surface area contributed by atoms with Crippen LogP contribution >= 0.6 is 0 Å². The van der Waals surface area contributed by atoms with Gasteiger partial charge in [0.25, 0.3) is 0 Å². The van der Waals surface area contributed by atoms with Crippen molar-refractivity contribution in [2.75, 3.05) is 19.6 Å². The number of benzene rings is 1. The van der Waals surface area contributed by atoms with Crippen molar-refractivity contribution >= 4 is 17.5 Å². The molecule has 2 aliphatic heterocycles. The Kier molecular flexibility index (Phi) is 5.52. The Labute approximate surface area is 185 Å². The van der Waals surface area contributed by atoms with E-state index >= 15 is 0 Å². The van der Waals surface area contributed by atoms with E-state index in [0.717, 1.165) is 30.5 Å². The molecule has 0 bridgehead atoms. The van der Waals surface area contributed by atoms with Crippen LogP contribution in [-0.2, 0) is 4.79 Å². The monoisotopic (exact) mass is 424 g/mol. The summed E-state index contributed by atoms with van der Waals surface area (Å²) in [6, 6.07) is 8.45. The maximum atomic E-state index is 12.8. The Balaban J connectivity index is 1.67. The quantitative estimate of drug-likeness (QED) is 0.776. The lowest BCUT2D eigenvalue weighted by Crippen LogP contribution is -2.59. The summed E-state index contributed by atoms with van der Waals surface area (Å²) in [6.45, 7) is 12.2. The SMILES string of the molecule is CC(C)c1ccc(C2=C(C3CC3)N3CCN(C(=O)NC(C)(C)C)CC3C2C(N)=O)cc1. The molecule has 3 N–H and O–H groups in total. The van der Waals surface area contributed by atoms with Crippen LogP contribution in [0, 0.1) is 11.8 Å². The van der Waals surface area contributed by atoms with Crippen LogP contribution in [0.5, 0.6) is 0 Å². The second-order valence-electron chi connectivity index (χ2n) is 10.6. The fraction of sp³-hybridized carbons (Fsp3) is 0.600. The molecule has 1 saturated carbocycles. The number of fused-ring (bicyclic) bond motifs is 1. The molecule has 0 radical (unpaired) electrons. The maximum Gasteiger partial charge on any atom is 0.317 e. The van der Waals surface area contributed by atoms with Gasteiger partial charge >= 0.3 is 6.03 Å². The fourth-order valence-electron chi connectivity index (χ4n) is 5.00. The molecule has 4 rings (SSSR count). The Hall–Kier alpha value is -2.50. The van der Waals surface area contributed by atoms with Gasteiger partial charge in [0.15, 0.2) is 0 Å². The summed E-state index contributed by atoms with van der Waals surface area (Å²) < 4.78 is 0. The van der Waals surface area contributed by atoms with E-state index in [-0.39, 0.29) is 23.5 Å². The normalized spacial score (nSPS) is 23.9. The summed E-state index contributed by atoms with van der Waals surface area (Å²) >= 11 is 0. The van der Waals surface area contributed by atoms with Gasteiger partial charge in [0, 0.05) is 30.9 Å². The molecule has 2 heterocycles. The number of nitrogens with zero attached hydrogens (tertiary/aromatic N) is 2. The molecule has 3 amide bonds. The third-order valence-corrected chi connectivity index (χ3v) is 6.63. The third kappa shape index (κ3) is 4.30. The molecular formula is C25H36N4O2. The molecule has 1 aliphatic carbocycles. The van der Waals surface area contributed by atoms with Crippen LogP contribution in [0.3, 0.4) is 0 Å². The average molecular weight is 425 g/mol. The van der Waals surface area contributed by atoms with Crippen molar-refractivity contribution in [3.05, 3.63) is 41.1 Å². The first kappa shape index (κ1) is 21.7. The molecule has 0 spiro atoms. The van der Waals surface area contributed by atoms with Gasteiger partial charge in [-0.15, -0.1) is 0 Å². The van der Waals surface area contributed by atoms with Gasteiger partial charge in [-0.25, -0.2) is 4.79 Å². The van der Waals surface area contributed by atoms with Crippen molar-refractivity contribution in [1.29, 1.82) is 0 Å². The van der Waals surface area contributed by atoms with Crippen molar-refractivity contribution in [3.63, 3.8) is 0 Å². The van der Waals surface area contributed by atoms with Gasteiger partial charge in [0.05, 0.1) is 12.0 Å². The highest BCUT2D eigenvalue weighted by molar-refractivity contribution is 5.94. The largest absolute Gasteiger partial charge is 0.369 e. The standard InChI is InChI=1S/C25H36N4O2/c1-15(2)16-6-8-17(9-7-16)20-21(23(26)30)19-14-28(24(31)27-25(3,4)5)12-13-29(19)22(20)18-10-11-18/h6-9,15,18-19,21H,10-14H2,1-5H3,(H2,26,30)(H,27,31). The fourth-order valence-corrected chi connectivity index (χ4v) is 5.00. The van der Waals surface area contributed by atoms with E-state index < -0.39 is 5.92 Å². The number of amides is 3. The number of urea groups is 1. The molecule has 168 valence electrons. The summed E-state index contributed by atoms with van der Waals surface area (Å²) in [7, 11) is 0. The van der Waals surface area contributed by atoms with Crippen molar-refractivity contribution < 1.29 is 9.59 Å². The lowest BCUT2D eigenvalue weighted by atomic mass is 9.86. The molecule has 0 aromatic heterocycles. The molecule has 6 heteroatoms. The number of carbonyl (C=O) groups is 2. The number of piperazine rings is 1. The van der Waals surface area contributed by atoms with Gasteiger partial charge < -0.3 is 20.9 Å². The predicted octanol–water partition coefficient (Wildman–Crippen LogP) is 3.54. The number of rotatable bonds is 4. The van der Waals surface area contributed by atoms with E-state index in [0.29, 0.717) is 24.9 Å². The summed E-state index contributed by atoms with van der Waals surface area (Å²) in [5.74, 6) is 0.265. The van der Waals surface area contributed by atoms with Crippen LogP contribution in [0.4, 0.5) is 4.79 Å². The summed E-state index contributed by atoms with van der Waals surface area (Å²) in [4.78, 5) is 29.8. The van der Waals surface area contributed by atoms with Crippen LogP contribution in [0.2, 0.25) is 0 Å². The van der Waals surface area contributed by atoms with E-state index in [1.807, 2.05) is 25.7 Å². The lowest BCUT2D eigenvalue weighted by molar-refractivity contribution is -0.121. The zero-order valence-electron chi connectivity index (χ0n) is 19.4. The molecule has 2 unspecified atom stereocenters. The molecular weight excluding hydrogens is 388 g/mol. The van der Waals surface area contributed by atoms with Crippen molar-refractivity contribution in [1.82, 2.24) is 15.1 Å². The molecule has 1 saturated heterocycles. The number of allylic oxidation sites excluding steroid dienone is 1. The van der Waals surface area contributed by atoms with Gasteiger partial charge in [-0.05, 0) is 62.1 Å². The first-order chi connectivity index (χ1) is 14.6. The molecule has 1 aromatic carbocycles. The van der Waals surface area contributed by atoms with E-state index in [2.05, 4.69) is 48.3 Å². The Morgan fingerprint density at radius 3 is 2.26 bits per heavy atom. The van der Waals surface area contributed by atoms with E-state index in [1.54, 1.807) is 0 Å². The highest BCUT2D eigenvalue weighted by Gasteiger charge is 2.50. The zero-order chi connectivity index (χ0) is 22.5. The van der Waals surface area contributed by atoms with Crippen molar-refractivity contribution in [2.24, 2.45) is 17.6 Å². The van der Waals surface area contributed by atoms with Gasteiger partial charge in [0.2, 0.25) is 5.91 Å². The topological polar surface area (TPSA) is 78.7 Å². The predicted molar refractivity (Wildman–Crippen MR) is 123 cm³/mol. The number of carbonyl (C=O) groups excluding carboxylic acids is 2. The smallest absolute Gasteiger partial charge is 0.317 e. The van der Waals surface area contributed by atoms with Gasteiger partial charge in [-0.2, -0.15) is 0 Å². The molecule has 31 heavy (non-hydrogen) atoms. The summed E-state index contributed by atoms with van der Waals surface area (Å²) in [6.07, 6.45) is 2.32. The van der Waals surface area contributed by atoms with Gasteiger partial charge in [-0.3, -0.25) is 4.79 Å². The van der Waals surface area contributed by atoms with Crippen molar-refractivity contribution in [2.45, 2.75) is 65.0 Å². The zero-order valence-corrected chi connectivity index (χ0v) is 19.4. The molecule has 3 aliphatic rings. The first-order valence-electron chi connectivity index (χ1n) is 11.5. The Morgan fingerprint density at radius 1 is 1.10 bits per heavy atom. The van der Waals surface area contributed by atoms with Crippen molar-refractivity contribution in [3.8, 4) is 0 Å². The second-order valence-corrected chi connectivity index (χ2v) is 10.6. The van der Waals surface area contributed by atoms with E-state index in [9.17, 15) is 9.59 Å². The minimum atomic E-state index is -0.397. The number of primary amides is 1. The number of hydrogen-bond acceptors (Lipinski definition) is 3. The minimum absolute atomic E-state index is 0.0712. The van der Waals surface area contributed by atoms with Crippen LogP contribution in [0.25, 0.3) is 5.57 Å². The Bertz CT molecular complexity index is 893. The highest BCUT2D eigenvalue weighted by Crippen LogP contribution is 2.51. The summed E-state index contributed by atoms with van der Waals surface area (Å²) in [5.41, 5.74) is 10.5. The minimum Gasteiger partial charge on any atom is -0.369 e. The van der Waals surface area contributed by atoms with Gasteiger partial charge in [-0.1, -0.05) is 38.1 Å². The number of nitrogens with one attached hydrogen (secondary N) is 1. The molecule has 1 aromatic rings. The Morgan fingerprint density at radius 2 is 1.74 bits per heavy atom. The van der Waals surface area contributed by atoms with E-state index in [4.69, 9.17) is 5.73 Å². The molecule has 2 atom stereocenters. The molecule has 2 fully saturated rings. The number of hydrogen-bond donors (Lipinski definition) is 2. The highest BCUT2D eigenvalue weighted by atomic mass is 16.2. The summed E-state index contributed by atoms with van der Waals surface area (Å²) in [5, 5.41) is 3.06. The lowest BCUT2D eigenvalue weighted by Gasteiger charge is -2.42.